The fourth-order valence-corrected chi connectivity index (χ4v) is 24.0. The van der Waals surface area contributed by atoms with E-state index >= 15 is 0 Å². The van der Waals surface area contributed by atoms with Crippen molar-refractivity contribution < 1.29 is 95.1 Å². The number of allylic oxidation sites excluding steroid dienone is 2. The Hall–Kier alpha value is -3.03. The van der Waals surface area contributed by atoms with E-state index in [0.29, 0.717) is 60.2 Å². The Labute approximate surface area is 589 Å². The van der Waals surface area contributed by atoms with Crippen LogP contribution in [0.2, 0.25) is 0 Å². The van der Waals surface area contributed by atoms with Crippen LogP contribution in [0.5, 0.6) is 0 Å². The topological polar surface area (TPSA) is 193 Å². The summed E-state index contributed by atoms with van der Waals surface area (Å²) >= 11 is 0. The minimum Gasteiger partial charge on any atom is -0.390 e. The molecule has 11 nitrogen and oxygen atoms in total. The number of halogens is 6. The van der Waals surface area contributed by atoms with Crippen LogP contribution >= 0.6 is 0 Å². The molecule has 0 radical (unpaired) electrons. The number of sulfone groups is 2. The van der Waals surface area contributed by atoms with Crippen LogP contribution in [0, 0.1) is 95.7 Å². The predicted molar refractivity (Wildman–Crippen MR) is 366 cm³/mol. The van der Waals surface area contributed by atoms with E-state index in [4.69, 9.17) is 5.11 Å². The zero-order chi connectivity index (χ0) is 70.3. The number of fused-ring (bicyclic) bond motifs is 10. The second kappa shape index (κ2) is 31.5. The zero-order valence-electron chi connectivity index (χ0n) is 58.4. The molecule has 4 N–H and O–H groups in total. The Morgan fingerprint density at radius 1 is 0.588 bits per heavy atom. The van der Waals surface area contributed by atoms with Crippen molar-refractivity contribution in [3.8, 4) is 0 Å². The van der Waals surface area contributed by atoms with Crippen molar-refractivity contribution in [3.05, 3.63) is 121 Å². The van der Waals surface area contributed by atoms with E-state index in [1.165, 1.54) is 79.6 Å². The molecular weight excluding hydrogens is 1310 g/mol. The van der Waals surface area contributed by atoms with Gasteiger partial charge in [0, 0.05) is 6.42 Å². The number of aliphatic hydroxyl groups is 4. The van der Waals surface area contributed by atoms with Crippen LogP contribution < -0.4 is 18.9 Å². The standard InChI is InChI=1S/C32H45F3O4S.C28H40O3S.C11H13F3O4S.C4H9.CH4.Li/c1-20(28(19-31(4,37)32(33,34)35)40(38,39)22-8-6-5-7-9-22)26-12-13-27-25-11-10-21-18-29(2,36)16-14-23(21)24(25)15-17-30(26,27)3;1-19(18-32(30,31)21-7-5-4-6-8-21)25-11-12-26-24-10-9-20-17-27(2,29)15-13-22(20)23(24)14-16-28(25,26)3;1-8-3-5-9(6-4-8)19(16,17)18-7-10(2,15)11(12,13)14;1-3-4-2;;/h5-10,20,23-28,36-37H,11-19H2,1-4H3;4-9,19,22-26,29H,10-18H2,1-3H3;3-6,15H,7H2,1-2H3;1,3-4H2,2H3;1H4;/q;;;-1;;+1/t20-,23-,24+,25+,26+,27-,28?,29-,30+,31-;19-,22+,23-,24-,25-,26+,27+,28-;10-;;;/m010.../s1. The first-order chi connectivity index (χ1) is 44.0. The average molecular weight is 1420 g/mol. The van der Waals surface area contributed by atoms with Crippen LogP contribution in [0.3, 0.4) is 0 Å². The first kappa shape index (κ1) is 82.9. The maximum absolute atomic E-state index is 13.9. The first-order valence-electron chi connectivity index (χ1n) is 34.7. The molecule has 19 atom stereocenters. The summed E-state index contributed by atoms with van der Waals surface area (Å²) in [5.74, 6) is 5.16. The molecule has 0 aliphatic heterocycles. The second-order valence-corrected chi connectivity index (χ2v) is 37.3. The number of hydrogen-bond donors (Lipinski definition) is 4. The van der Waals surface area contributed by atoms with Crippen molar-refractivity contribution in [1.82, 2.24) is 0 Å². The second-order valence-electron chi connectivity index (χ2n) is 31.4. The zero-order valence-corrected chi connectivity index (χ0v) is 60.9. The van der Waals surface area contributed by atoms with E-state index in [2.05, 4.69) is 51.0 Å². The first-order valence-corrected chi connectivity index (χ1v) is 39.3. The number of benzene rings is 3. The van der Waals surface area contributed by atoms with Crippen LogP contribution in [0.25, 0.3) is 0 Å². The van der Waals surface area contributed by atoms with Crippen LogP contribution in [-0.2, 0) is 34.0 Å². The normalized spacial score (nSPS) is 33.6. The molecular formula is C76H111F6LiO11S3. The van der Waals surface area contributed by atoms with Gasteiger partial charge in [-0.15, -0.1) is 0 Å². The van der Waals surface area contributed by atoms with Gasteiger partial charge in [-0.05, 0) is 256 Å². The van der Waals surface area contributed by atoms with E-state index in [-0.39, 0.29) is 64.5 Å². The van der Waals surface area contributed by atoms with Crippen molar-refractivity contribution in [2.75, 3.05) is 12.4 Å². The largest absolute Gasteiger partial charge is 1.00 e. The molecule has 97 heavy (non-hydrogen) atoms. The molecule has 0 amide bonds. The summed E-state index contributed by atoms with van der Waals surface area (Å²) in [6.07, 6.45) is 12.5. The summed E-state index contributed by atoms with van der Waals surface area (Å²) in [5, 5.41) is 39.5. The minimum atomic E-state index is -4.98. The summed E-state index contributed by atoms with van der Waals surface area (Å²) in [6.45, 7) is 19.9. The van der Waals surface area contributed by atoms with Gasteiger partial charge in [0.1, 0.15) is 6.61 Å². The van der Waals surface area contributed by atoms with E-state index < -0.39 is 88.7 Å². The van der Waals surface area contributed by atoms with Crippen molar-refractivity contribution >= 4 is 29.8 Å². The molecule has 3 aromatic rings. The number of rotatable bonds is 15. The molecule has 0 heterocycles. The van der Waals surface area contributed by atoms with E-state index in [0.717, 1.165) is 101 Å². The Morgan fingerprint density at radius 3 is 1.44 bits per heavy atom. The van der Waals surface area contributed by atoms with Gasteiger partial charge < -0.3 is 27.3 Å². The molecule has 0 saturated heterocycles. The Morgan fingerprint density at radius 2 is 1.01 bits per heavy atom. The third-order valence-electron chi connectivity index (χ3n) is 24.5. The van der Waals surface area contributed by atoms with Crippen LogP contribution in [0.1, 0.15) is 197 Å². The summed E-state index contributed by atoms with van der Waals surface area (Å²) in [6, 6.07) is 22.1. The predicted octanol–water partition coefficient (Wildman–Crippen LogP) is 14.4. The monoisotopic (exact) mass is 1420 g/mol. The SMILES string of the molecule is C.C[C@H](C(C[C@](C)(O)C(F)(F)F)S(=O)(=O)c1ccccc1)[C@H]1CC[C@H]2[C@@H]3CC=C4C[C@@](C)(O)CC[C@@H]4[C@H]3CC[C@]12C.C[C@H](CS(=O)(=O)c1ccccc1)[C@H]1CC[C@H]2[C@@H]3CC=C4C[C@@](C)(O)CC[C@@H]4[C@H]3CC[C@]12C.Cc1ccc(S(=O)(=O)OC[C@](C)(O)C(F)(F)F)cc1.[CH2-]CCC.[Li+]. The van der Waals surface area contributed by atoms with Gasteiger partial charge in [-0.25, -0.2) is 16.8 Å². The van der Waals surface area contributed by atoms with Crippen LogP contribution in [0.4, 0.5) is 26.3 Å². The van der Waals surface area contributed by atoms with Crippen LogP contribution in [-0.4, -0.2) is 98.0 Å². The van der Waals surface area contributed by atoms with Gasteiger partial charge in [0.25, 0.3) is 10.1 Å². The number of unbranched alkanes of at least 4 members (excludes halogenated alkanes) is 1. The smallest absolute Gasteiger partial charge is 0.390 e. The van der Waals surface area contributed by atoms with Crippen molar-refractivity contribution in [2.45, 2.75) is 253 Å². The molecule has 3 aromatic carbocycles. The molecule has 542 valence electrons. The maximum Gasteiger partial charge on any atom is 1.00 e. The van der Waals surface area contributed by atoms with Crippen molar-refractivity contribution in [1.29, 1.82) is 0 Å². The maximum atomic E-state index is 13.9. The number of aryl methyl sites for hydroxylation is 1. The molecule has 0 spiro atoms. The van der Waals surface area contributed by atoms with Gasteiger partial charge in [-0.2, -0.15) is 41.2 Å². The van der Waals surface area contributed by atoms with Gasteiger partial charge in [-0.1, -0.05) is 126 Å². The molecule has 8 aliphatic rings. The van der Waals surface area contributed by atoms with Crippen molar-refractivity contribution in [3.63, 3.8) is 0 Å². The quantitative estimate of drug-likeness (QED) is 0.0372. The molecule has 6 fully saturated rings. The Kier molecular flexibility index (Phi) is 26.9. The Balaban J connectivity index is 0.000000233. The van der Waals surface area contributed by atoms with Gasteiger partial charge >= 0.3 is 31.2 Å². The number of alkyl halides is 6. The van der Waals surface area contributed by atoms with E-state index in [1.54, 1.807) is 37.3 Å². The van der Waals surface area contributed by atoms with Crippen molar-refractivity contribution in [2.24, 2.45) is 81.8 Å². The average Bonchev–Trinajstić information content (AvgIpc) is 1.65. The molecule has 0 aromatic heterocycles. The summed E-state index contributed by atoms with van der Waals surface area (Å²) in [4.78, 5) is 0.204. The fraction of sp³-hybridized carbons (Fsp3) is 0.697. The van der Waals surface area contributed by atoms with E-state index in [1.807, 2.05) is 39.0 Å². The van der Waals surface area contributed by atoms with Gasteiger partial charge in [0.2, 0.25) is 0 Å². The summed E-state index contributed by atoms with van der Waals surface area (Å²) < 4.78 is 160. The number of hydrogen-bond acceptors (Lipinski definition) is 11. The van der Waals surface area contributed by atoms with Crippen LogP contribution in [0.15, 0.2) is 123 Å². The summed E-state index contributed by atoms with van der Waals surface area (Å²) in [5.41, 5.74) is -3.68. The van der Waals surface area contributed by atoms with Gasteiger partial charge in [-0.3, -0.25) is 4.18 Å². The third kappa shape index (κ3) is 18.3. The minimum absolute atomic E-state index is 0. The Bertz CT molecular complexity index is 3480. The fourth-order valence-electron chi connectivity index (χ4n) is 19.2. The third-order valence-corrected chi connectivity index (χ3v) is 30.1. The summed E-state index contributed by atoms with van der Waals surface area (Å²) in [7, 11) is -11.7. The van der Waals surface area contributed by atoms with E-state index in [9.17, 15) is 66.9 Å². The molecule has 8 aliphatic carbocycles. The molecule has 6 saturated carbocycles. The van der Waals surface area contributed by atoms with Gasteiger partial charge in [0.05, 0.1) is 36.9 Å². The van der Waals surface area contributed by atoms with Gasteiger partial charge in [0.15, 0.2) is 30.9 Å². The molecule has 1 unspecified atom stereocenters. The molecule has 0 bridgehead atoms. The molecule has 11 rings (SSSR count). The molecule has 21 heteroatoms.